The Kier molecular flexibility index (Phi) is 4.89. The standard InChI is InChI=1S/C22H18N2O6/c25-13-7-5-12(6-8-13)19-11-16(21-18(28)9-14(26)10-20(21)30-19)23-24-22(29)15-3-1-2-4-17(15)27/h1-10,19,25-28H,11H2,(H,24,29)/b23-16+/t19-/m0/s1. The molecule has 0 bridgehead atoms. The van der Waals surface area contributed by atoms with E-state index in [0.29, 0.717) is 5.71 Å². The van der Waals surface area contributed by atoms with Crippen molar-refractivity contribution in [3.05, 3.63) is 77.4 Å². The summed E-state index contributed by atoms with van der Waals surface area (Å²) in [7, 11) is 0. The Labute approximate surface area is 171 Å². The van der Waals surface area contributed by atoms with E-state index < -0.39 is 12.0 Å². The predicted octanol–water partition coefficient (Wildman–Crippen LogP) is 3.17. The molecular formula is C22H18N2O6. The SMILES string of the molecule is O=C(N/N=C1\C[C@@H](c2ccc(O)cc2)Oc2cc(O)cc(O)c21)c1ccccc1O. The Bertz CT molecular complexity index is 1140. The molecule has 8 nitrogen and oxygen atoms in total. The average Bonchev–Trinajstić information content (AvgIpc) is 2.72. The van der Waals surface area contributed by atoms with Gasteiger partial charge in [0.25, 0.3) is 5.91 Å². The number of benzene rings is 3. The van der Waals surface area contributed by atoms with Crippen molar-refractivity contribution in [2.45, 2.75) is 12.5 Å². The van der Waals surface area contributed by atoms with Crippen molar-refractivity contribution in [1.29, 1.82) is 0 Å². The third-order valence-electron chi connectivity index (χ3n) is 4.71. The fourth-order valence-corrected chi connectivity index (χ4v) is 3.26. The topological polar surface area (TPSA) is 132 Å². The van der Waals surface area contributed by atoms with Gasteiger partial charge >= 0.3 is 0 Å². The number of fused-ring (bicyclic) bond motifs is 1. The third-order valence-corrected chi connectivity index (χ3v) is 4.71. The van der Waals surface area contributed by atoms with Gasteiger partial charge in [-0.3, -0.25) is 4.79 Å². The van der Waals surface area contributed by atoms with E-state index in [4.69, 9.17) is 4.74 Å². The van der Waals surface area contributed by atoms with E-state index in [2.05, 4.69) is 10.5 Å². The van der Waals surface area contributed by atoms with Gasteiger partial charge in [0.1, 0.15) is 34.9 Å². The largest absolute Gasteiger partial charge is 0.508 e. The molecule has 0 radical (unpaired) electrons. The summed E-state index contributed by atoms with van der Waals surface area (Å²) < 4.78 is 5.93. The molecule has 30 heavy (non-hydrogen) atoms. The Morgan fingerprint density at radius 2 is 1.67 bits per heavy atom. The zero-order chi connectivity index (χ0) is 21.3. The molecule has 1 atom stereocenters. The van der Waals surface area contributed by atoms with Crippen LogP contribution in [0.25, 0.3) is 0 Å². The second kappa shape index (κ2) is 7.67. The van der Waals surface area contributed by atoms with Crippen LogP contribution in [0.3, 0.4) is 0 Å². The Morgan fingerprint density at radius 3 is 2.40 bits per heavy atom. The van der Waals surface area contributed by atoms with E-state index >= 15 is 0 Å². The highest BCUT2D eigenvalue weighted by Gasteiger charge is 2.30. The second-order valence-electron chi connectivity index (χ2n) is 6.76. The molecular weight excluding hydrogens is 388 g/mol. The van der Waals surface area contributed by atoms with Gasteiger partial charge in [-0.15, -0.1) is 0 Å². The van der Waals surface area contributed by atoms with Gasteiger partial charge in [-0.05, 0) is 29.8 Å². The van der Waals surface area contributed by atoms with E-state index in [0.717, 1.165) is 11.6 Å². The Morgan fingerprint density at radius 1 is 0.933 bits per heavy atom. The lowest BCUT2D eigenvalue weighted by molar-refractivity contribution is 0.0951. The van der Waals surface area contributed by atoms with Gasteiger partial charge in [0.05, 0.1) is 16.8 Å². The zero-order valence-corrected chi connectivity index (χ0v) is 15.6. The van der Waals surface area contributed by atoms with Crippen molar-refractivity contribution >= 4 is 11.6 Å². The predicted molar refractivity (Wildman–Crippen MR) is 108 cm³/mol. The molecule has 1 heterocycles. The molecule has 0 fully saturated rings. The molecule has 3 aromatic rings. The second-order valence-corrected chi connectivity index (χ2v) is 6.76. The van der Waals surface area contributed by atoms with E-state index in [9.17, 15) is 25.2 Å². The number of nitrogens with one attached hydrogen (secondary N) is 1. The van der Waals surface area contributed by atoms with Crippen LogP contribution in [-0.4, -0.2) is 32.0 Å². The van der Waals surface area contributed by atoms with Crippen molar-refractivity contribution in [1.82, 2.24) is 5.43 Å². The van der Waals surface area contributed by atoms with Crippen LogP contribution in [0.2, 0.25) is 0 Å². The maximum absolute atomic E-state index is 12.4. The first-order chi connectivity index (χ1) is 14.4. The normalized spacial score (nSPS) is 16.5. The molecule has 5 N–H and O–H groups in total. The van der Waals surface area contributed by atoms with E-state index in [-0.39, 0.29) is 46.3 Å². The average molecular weight is 406 g/mol. The number of hydrazone groups is 1. The van der Waals surface area contributed by atoms with E-state index in [1.807, 2.05) is 0 Å². The molecule has 0 saturated heterocycles. The first-order valence-electron chi connectivity index (χ1n) is 9.09. The highest BCUT2D eigenvalue weighted by Crippen LogP contribution is 2.42. The lowest BCUT2D eigenvalue weighted by Crippen LogP contribution is -2.25. The molecule has 0 saturated carbocycles. The minimum absolute atomic E-state index is 0.0548. The summed E-state index contributed by atoms with van der Waals surface area (Å²) in [4.78, 5) is 12.4. The van der Waals surface area contributed by atoms with Gasteiger partial charge in [0, 0.05) is 18.6 Å². The maximum atomic E-state index is 12.4. The number of aromatic hydroxyl groups is 4. The quantitative estimate of drug-likeness (QED) is 0.425. The number of amides is 1. The molecule has 0 unspecified atom stereocenters. The van der Waals surface area contributed by atoms with Crippen molar-refractivity contribution in [3.8, 4) is 28.7 Å². The summed E-state index contributed by atoms with van der Waals surface area (Å²) in [6.07, 6.45) is -0.322. The van der Waals surface area contributed by atoms with Crippen LogP contribution in [0.4, 0.5) is 0 Å². The van der Waals surface area contributed by atoms with Gasteiger partial charge in [-0.25, -0.2) is 5.43 Å². The van der Waals surface area contributed by atoms with E-state index in [1.165, 1.54) is 30.3 Å². The number of para-hydroxylation sites is 1. The summed E-state index contributed by atoms with van der Waals surface area (Å²) in [6.45, 7) is 0. The van der Waals surface area contributed by atoms with Crippen LogP contribution in [0.5, 0.6) is 28.7 Å². The number of rotatable bonds is 3. The fourth-order valence-electron chi connectivity index (χ4n) is 3.26. The summed E-state index contributed by atoms with van der Waals surface area (Å²) in [5.41, 5.74) is 3.76. The monoisotopic (exact) mass is 406 g/mol. The van der Waals surface area contributed by atoms with Crippen molar-refractivity contribution in [3.63, 3.8) is 0 Å². The lowest BCUT2D eigenvalue weighted by Gasteiger charge is -2.28. The van der Waals surface area contributed by atoms with Crippen LogP contribution in [-0.2, 0) is 0 Å². The number of carbonyl (C=O) groups excluding carboxylic acids is 1. The summed E-state index contributed by atoms with van der Waals surface area (Å²) in [6, 6.07) is 15.0. The Balaban J connectivity index is 1.70. The number of phenols is 4. The zero-order valence-electron chi connectivity index (χ0n) is 15.6. The number of hydrogen-bond donors (Lipinski definition) is 5. The molecule has 1 amide bonds. The van der Waals surface area contributed by atoms with Gasteiger partial charge in [-0.1, -0.05) is 24.3 Å². The Hall–Kier alpha value is -4.20. The molecule has 0 spiro atoms. The third kappa shape index (κ3) is 3.70. The molecule has 0 aromatic heterocycles. The number of hydrogen-bond acceptors (Lipinski definition) is 7. The molecule has 1 aliphatic rings. The van der Waals surface area contributed by atoms with Gasteiger partial charge < -0.3 is 25.2 Å². The molecule has 8 heteroatoms. The maximum Gasteiger partial charge on any atom is 0.275 e. The lowest BCUT2D eigenvalue weighted by atomic mass is 9.94. The summed E-state index contributed by atoms with van der Waals surface area (Å²) in [5.74, 6) is -0.924. The molecule has 152 valence electrons. The number of phenolic OH excluding ortho intramolecular Hbond substituents is 4. The minimum atomic E-state index is -0.618. The minimum Gasteiger partial charge on any atom is -0.508 e. The summed E-state index contributed by atoms with van der Waals surface area (Å²) >= 11 is 0. The molecule has 1 aliphatic heterocycles. The highest BCUT2D eigenvalue weighted by molar-refractivity contribution is 6.07. The van der Waals surface area contributed by atoms with Crippen molar-refractivity contribution in [2.24, 2.45) is 5.10 Å². The van der Waals surface area contributed by atoms with Crippen LogP contribution < -0.4 is 10.2 Å². The van der Waals surface area contributed by atoms with Crippen molar-refractivity contribution < 1.29 is 30.0 Å². The first kappa shape index (κ1) is 19.1. The van der Waals surface area contributed by atoms with Crippen LogP contribution in [0.15, 0.2) is 65.8 Å². The first-order valence-corrected chi connectivity index (χ1v) is 9.09. The molecule has 3 aromatic carbocycles. The van der Waals surface area contributed by atoms with Crippen LogP contribution >= 0.6 is 0 Å². The summed E-state index contributed by atoms with van der Waals surface area (Å²) in [5, 5.41) is 43.7. The molecule has 4 rings (SSSR count). The van der Waals surface area contributed by atoms with Crippen LogP contribution in [0.1, 0.15) is 34.0 Å². The number of nitrogens with zero attached hydrogens (tertiary/aromatic N) is 1. The number of carbonyl (C=O) groups is 1. The van der Waals surface area contributed by atoms with E-state index in [1.54, 1.807) is 24.3 Å². The molecule has 0 aliphatic carbocycles. The van der Waals surface area contributed by atoms with Gasteiger partial charge in [0.2, 0.25) is 0 Å². The fraction of sp³-hybridized carbons (Fsp3) is 0.0909. The van der Waals surface area contributed by atoms with Gasteiger partial charge in [-0.2, -0.15) is 5.10 Å². The van der Waals surface area contributed by atoms with Gasteiger partial charge in [0.15, 0.2) is 0 Å². The number of ether oxygens (including phenoxy) is 1. The smallest absolute Gasteiger partial charge is 0.275 e. The van der Waals surface area contributed by atoms with Crippen LogP contribution in [0, 0.1) is 0 Å². The highest BCUT2D eigenvalue weighted by atomic mass is 16.5. The van der Waals surface area contributed by atoms with Crippen molar-refractivity contribution in [2.75, 3.05) is 0 Å².